The minimum absolute atomic E-state index is 0.153. The first kappa shape index (κ1) is 28.3. The van der Waals surface area contributed by atoms with E-state index in [0.717, 1.165) is 23.1 Å². The Balaban J connectivity index is 1.55. The van der Waals surface area contributed by atoms with Gasteiger partial charge in [-0.25, -0.2) is 17.2 Å². The van der Waals surface area contributed by atoms with Gasteiger partial charge < -0.3 is 20.1 Å². The van der Waals surface area contributed by atoms with Gasteiger partial charge >= 0.3 is 6.18 Å². The Morgan fingerprint density at radius 2 is 1.92 bits per heavy atom. The van der Waals surface area contributed by atoms with Gasteiger partial charge in [0.2, 0.25) is 5.91 Å². The van der Waals surface area contributed by atoms with Crippen LogP contribution < -0.4 is 15.4 Å². The maximum atomic E-state index is 13.5. The Kier molecular flexibility index (Phi) is 7.47. The number of aliphatic hydroxyl groups excluding tert-OH is 1. The Morgan fingerprint density at radius 3 is 2.43 bits per heavy atom. The van der Waals surface area contributed by atoms with Gasteiger partial charge in [-0.3, -0.25) is 10.1 Å². The average Bonchev–Trinajstić information content (AvgIpc) is 3.39. The number of ether oxygens (including phenoxy) is 1. The minimum atomic E-state index is -4.60. The molecule has 1 amide bonds. The van der Waals surface area contributed by atoms with E-state index in [1.54, 1.807) is 7.05 Å². The Hall–Kier alpha value is -1.74. The van der Waals surface area contributed by atoms with Gasteiger partial charge in [0.15, 0.2) is 16.4 Å². The summed E-state index contributed by atoms with van der Waals surface area (Å²) in [5.74, 6) is -5.89. The van der Waals surface area contributed by atoms with Crippen LogP contribution in [-0.2, 0) is 14.6 Å². The molecule has 1 aromatic carbocycles. The second-order valence-electron chi connectivity index (χ2n) is 9.88. The van der Waals surface area contributed by atoms with Crippen molar-refractivity contribution in [3.63, 3.8) is 0 Å². The number of halogens is 6. The summed E-state index contributed by atoms with van der Waals surface area (Å²) in [6.07, 6.45) is -4.88. The van der Waals surface area contributed by atoms with E-state index in [9.17, 15) is 40.3 Å². The van der Waals surface area contributed by atoms with Gasteiger partial charge in [0.25, 0.3) is 5.92 Å². The molecule has 1 aliphatic heterocycles. The Bertz CT molecular complexity index is 1140. The molecule has 4 rings (SSSR count). The normalized spacial score (nSPS) is 27.5. The highest BCUT2D eigenvalue weighted by Crippen LogP contribution is 2.44. The van der Waals surface area contributed by atoms with Crippen LogP contribution >= 0.6 is 11.6 Å². The molecule has 4 atom stereocenters. The molecule has 15 heteroatoms. The summed E-state index contributed by atoms with van der Waals surface area (Å²) < 4.78 is 95.6. The second kappa shape index (κ2) is 9.78. The number of carbonyl (C=O) groups is 1. The molecule has 0 aromatic heterocycles. The summed E-state index contributed by atoms with van der Waals surface area (Å²) in [6, 6.07) is 3.03. The van der Waals surface area contributed by atoms with Crippen LogP contribution in [0.3, 0.4) is 0 Å². The van der Waals surface area contributed by atoms with Crippen molar-refractivity contribution in [1.29, 1.82) is 0 Å². The van der Waals surface area contributed by atoms with Gasteiger partial charge in [0.05, 0.1) is 33.9 Å². The molecule has 1 saturated heterocycles. The third-order valence-corrected chi connectivity index (χ3v) is 9.81. The SMILES string of the molecule is CNC1(NC(O)[C@@H]2C[C@@H](S(=O)(=O)c3ccc(OCC(F)(F)F)cc3Cl)C[C@H]2C(=O)N2CC(F)(F)C2)CC1. The van der Waals surface area contributed by atoms with Crippen LogP contribution in [0.1, 0.15) is 25.7 Å². The monoisotopic (exact) mass is 575 g/mol. The molecule has 8 nitrogen and oxygen atoms in total. The average molecular weight is 576 g/mol. The van der Waals surface area contributed by atoms with Gasteiger partial charge in [-0.1, -0.05) is 11.6 Å². The van der Waals surface area contributed by atoms with Crippen molar-refractivity contribution < 1.29 is 45.0 Å². The summed E-state index contributed by atoms with van der Waals surface area (Å²) in [7, 11) is -2.53. The van der Waals surface area contributed by atoms with Crippen molar-refractivity contribution in [2.24, 2.45) is 11.8 Å². The number of aliphatic hydroxyl groups is 1. The van der Waals surface area contributed by atoms with Crippen molar-refractivity contribution >= 4 is 27.3 Å². The first-order chi connectivity index (χ1) is 17.1. The van der Waals surface area contributed by atoms with E-state index in [4.69, 9.17) is 11.6 Å². The van der Waals surface area contributed by atoms with Crippen LogP contribution in [-0.4, -0.2) is 80.3 Å². The van der Waals surface area contributed by atoms with E-state index >= 15 is 0 Å². The van der Waals surface area contributed by atoms with Crippen molar-refractivity contribution in [2.75, 3.05) is 26.7 Å². The summed E-state index contributed by atoms with van der Waals surface area (Å²) >= 11 is 6.10. The summed E-state index contributed by atoms with van der Waals surface area (Å²) in [6.45, 7) is -3.14. The van der Waals surface area contributed by atoms with Crippen LogP contribution in [0.25, 0.3) is 0 Å². The maximum absolute atomic E-state index is 13.5. The van der Waals surface area contributed by atoms with Crippen molar-refractivity contribution in [1.82, 2.24) is 15.5 Å². The zero-order chi connectivity index (χ0) is 27.4. The number of benzene rings is 1. The number of nitrogens with zero attached hydrogens (tertiary/aromatic N) is 1. The standard InChI is InChI=1S/C22H27ClF5N3O5S/c1-29-21(4-5-21)30-18(32)14-7-13(8-15(14)19(33)31-9-20(24,25)10-31)37(34,35)17-3-2-12(6-16(17)23)36-11-22(26,27)28/h2-3,6,13-15,18,29-30,32H,4-5,7-11H2,1H3/t13-,14-,15-,18?/m1/s1. The van der Waals surface area contributed by atoms with Crippen LogP contribution in [0.15, 0.2) is 23.1 Å². The number of nitrogens with one attached hydrogen (secondary N) is 2. The molecule has 1 unspecified atom stereocenters. The molecule has 3 N–H and O–H groups in total. The molecule has 0 spiro atoms. The molecule has 1 aromatic rings. The molecule has 0 radical (unpaired) electrons. The number of rotatable bonds is 9. The maximum Gasteiger partial charge on any atom is 0.422 e. The third kappa shape index (κ3) is 6.13. The number of alkyl halides is 5. The molecular formula is C22H27ClF5N3O5S. The lowest BCUT2D eigenvalue weighted by Crippen LogP contribution is -2.61. The van der Waals surface area contributed by atoms with Crippen LogP contribution in [0.2, 0.25) is 5.02 Å². The lowest BCUT2D eigenvalue weighted by atomic mass is 9.91. The molecular weight excluding hydrogens is 549 g/mol. The fourth-order valence-electron chi connectivity index (χ4n) is 4.94. The van der Waals surface area contributed by atoms with Gasteiger partial charge in [0, 0.05) is 17.9 Å². The first-order valence-electron chi connectivity index (χ1n) is 11.6. The highest BCUT2D eigenvalue weighted by molar-refractivity contribution is 7.92. The Morgan fingerprint density at radius 1 is 1.27 bits per heavy atom. The second-order valence-corrected chi connectivity index (χ2v) is 12.5. The lowest BCUT2D eigenvalue weighted by molar-refractivity contribution is -0.172. The number of amides is 1. The van der Waals surface area contributed by atoms with E-state index in [1.807, 2.05) is 0 Å². The van der Waals surface area contributed by atoms with E-state index in [-0.39, 0.29) is 28.5 Å². The number of carbonyl (C=O) groups excluding carboxylic acids is 1. The highest BCUT2D eigenvalue weighted by atomic mass is 35.5. The zero-order valence-electron chi connectivity index (χ0n) is 19.7. The van der Waals surface area contributed by atoms with E-state index < -0.39 is 76.5 Å². The van der Waals surface area contributed by atoms with E-state index in [2.05, 4.69) is 15.4 Å². The van der Waals surface area contributed by atoms with E-state index in [1.165, 1.54) is 0 Å². The molecule has 208 valence electrons. The molecule has 3 aliphatic rings. The number of likely N-dealkylation sites (tertiary alicyclic amines) is 1. The van der Waals surface area contributed by atoms with Crippen LogP contribution in [0.5, 0.6) is 5.75 Å². The van der Waals surface area contributed by atoms with Crippen LogP contribution in [0, 0.1) is 11.8 Å². The quantitative estimate of drug-likeness (QED) is 0.307. The first-order valence-corrected chi connectivity index (χ1v) is 13.5. The molecule has 37 heavy (non-hydrogen) atoms. The number of hydrogen-bond donors (Lipinski definition) is 3. The Labute approximate surface area is 215 Å². The largest absolute Gasteiger partial charge is 0.484 e. The lowest BCUT2D eigenvalue weighted by Gasteiger charge is -2.41. The van der Waals surface area contributed by atoms with Crippen molar-refractivity contribution in [3.8, 4) is 5.75 Å². The van der Waals surface area contributed by atoms with Gasteiger partial charge in [-0.15, -0.1) is 0 Å². The molecule has 1 heterocycles. The third-order valence-electron chi connectivity index (χ3n) is 7.15. The molecule has 2 aliphatic carbocycles. The fourth-order valence-corrected chi connectivity index (χ4v) is 7.32. The van der Waals surface area contributed by atoms with Crippen LogP contribution in [0.4, 0.5) is 22.0 Å². The van der Waals surface area contributed by atoms with Gasteiger partial charge in [0.1, 0.15) is 12.0 Å². The molecule has 0 bridgehead atoms. The van der Waals surface area contributed by atoms with E-state index in [0.29, 0.717) is 12.8 Å². The minimum Gasteiger partial charge on any atom is -0.484 e. The zero-order valence-corrected chi connectivity index (χ0v) is 21.3. The topological polar surface area (TPSA) is 108 Å². The number of sulfone groups is 1. The fraction of sp³-hybridized carbons (Fsp3) is 0.682. The number of hydrogen-bond acceptors (Lipinski definition) is 7. The summed E-state index contributed by atoms with van der Waals surface area (Å²) in [5, 5.41) is 15.4. The molecule has 3 fully saturated rings. The van der Waals surface area contributed by atoms with Gasteiger partial charge in [-0.2, -0.15) is 13.2 Å². The smallest absolute Gasteiger partial charge is 0.422 e. The van der Waals surface area contributed by atoms with Gasteiger partial charge in [-0.05, 0) is 44.9 Å². The predicted molar refractivity (Wildman–Crippen MR) is 122 cm³/mol. The van der Waals surface area contributed by atoms with Crippen molar-refractivity contribution in [2.45, 2.75) is 59.8 Å². The molecule has 2 saturated carbocycles. The summed E-state index contributed by atoms with van der Waals surface area (Å²) in [5.41, 5.74) is -0.552. The summed E-state index contributed by atoms with van der Waals surface area (Å²) in [4.78, 5) is 13.6. The highest BCUT2D eigenvalue weighted by Gasteiger charge is 2.54. The van der Waals surface area contributed by atoms with Crippen molar-refractivity contribution in [3.05, 3.63) is 23.2 Å². The predicted octanol–water partition coefficient (Wildman–Crippen LogP) is 2.54.